The Hall–Kier alpha value is -2.90. The first-order valence-corrected chi connectivity index (χ1v) is 10.4. The minimum absolute atomic E-state index is 0.0319. The van der Waals surface area contributed by atoms with E-state index in [1.54, 1.807) is 24.3 Å². The third-order valence-electron chi connectivity index (χ3n) is 4.99. The molecule has 182 valence electrons. The molecule has 0 saturated carbocycles. The van der Waals surface area contributed by atoms with E-state index in [0.717, 1.165) is 17.6 Å². The Kier molecular flexibility index (Phi) is 10.4. The van der Waals surface area contributed by atoms with Crippen molar-refractivity contribution < 1.29 is 44.1 Å². The number of imide groups is 1. The fraction of sp³-hybridized carbons (Fsp3) is 0.524. The summed E-state index contributed by atoms with van der Waals surface area (Å²) in [5.41, 5.74) is 0.739. The van der Waals surface area contributed by atoms with Crippen LogP contribution in [0.1, 0.15) is 25.3 Å². The number of aliphatic hydroxyl groups excluding tert-OH is 3. The van der Waals surface area contributed by atoms with Gasteiger partial charge in [-0.3, -0.25) is 19.7 Å². The number of carbonyl (C=O) groups excluding carboxylic acids is 4. The van der Waals surface area contributed by atoms with Gasteiger partial charge in [0.15, 0.2) is 0 Å². The third kappa shape index (κ3) is 7.87. The zero-order chi connectivity index (χ0) is 24.4. The van der Waals surface area contributed by atoms with E-state index in [4.69, 9.17) is 14.7 Å². The molecule has 0 aliphatic carbocycles. The molecule has 5 atom stereocenters. The number of alkyl carbamates (subject to hydrolysis) is 1. The molecule has 12 nitrogen and oxygen atoms in total. The highest BCUT2D eigenvalue weighted by atomic mass is 16.7. The quantitative estimate of drug-likeness (QED) is 0.244. The van der Waals surface area contributed by atoms with Crippen molar-refractivity contribution in [3.63, 3.8) is 0 Å². The molecule has 1 aromatic carbocycles. The van der Waals surface area contributed by atoms with Gasteiger partial charge >= 0.3 is 6.09 Å². The van der Waals surface area contributed by atoms with Gasteiger partial charge in [-0.1, -0.05) is 30.3 Å². The van der Waals surface area contributed by atoms with Gasteiger partial charge in [-0.2, -0.15) is 5.06 Å². The van der Waals surface area contributed by atoms with E-state index in [2.05, 4.69) is 10.6 Å². The molecule has 0 unspecified atom stereocenters. The van der Waals surface area contributed by atoms with Crippen molar-refractivity contribution in [3.05, 3.63) is 35.9 Å². The SMILES string of the molecule is CC(=O)N[C@@H](C=O)[C@@H](ON1CCC[C@H]1C(=O)NC(=O)OCc1ccccc1)[C@@H](O)[C@H](O)CO. The lowest BCUT2D eigenvalue weighted by Crippen LogP contribution is -2.57. The Balaban J connectivity index is 2.03. The number of aliphatic hydroxyl groups is 3. The van der Waals surface area contributed by atoms with Crippen LogP contribution >= 0.6 is 0 Å². The van der Waals surface area contributed by atoms with Crippen molar-refractivity contribution in [3.8, 4) is 0 Å². The average Bonchev–Trinajstić information content (AvgIpc) is 3.27. The van der Waals surface area contributed by atoms with Crippen LogP contribution in [0.15, 0.2) is 30.3 Å². The molecule has 12 heteroatoms. The van der Waals surface area contributed by atoms with Crippen molar-refractivity contribution in [2.75, 3.05) is 13.2 Å². The Bertz CT molecular complexity index is 807. The van der Waals surface area contributed by atoms with Crippen LogP contribution < -0.4 is 10.6 Å². The Labute approximate surface area is 190 Å². The lowest BCUT2D eigenvalue weighted by Gasteiger charge is -2.34. The zero-order valence-corrected chi connectivity index (χ0v) is 18.1. The number of carbonyl (C=O) groups is 4. The first kappa shape index (κ1) is 26.4. The second-order valence-corrected chi connectivity index (χ2v) is 7.52. The van der Waals surface area contributed by atoms with Gasteiger partial charge < -0.3 is 30.2 Å². The van der Waals surface area contributed by atoms with Gasteiger partial charge in [-0.25, -0.2) is 4.79 Å². The first-order valence-electron chi connectivity index (χ1n) is 10.4. The van der Waals surface area contributed by atoms with Crippen molar-refractivity contribution in [1.82, 2.24) is 15.7 Å². The summed E-state index contributed by atoms with van der Waals surface area (Å²) < 4.78 is 5.03. The highest BCUT2D eigenvalue weighted by molar-refractivity contribution is 5.94. The van der Waals surface area contributed by atoms with Crippen molar-refractivity contribution in [1.29, 1.82) is 0 Å². The van der Waals surface area contributed by atoms with E-state index in [-0.39, 0.29) is 13.2 Å². The summed E-state index contributed by atoms with van der Waals surface area (Å²) in [6.07, 6.45) is -4.79. The van der Waals surface area contributed by atoms with Gasteiger partial charge in [0.25, 0.3) is 0 Å². The van der Waals surface area contributed by atoms with Crippen LogP contribution in [0, 0.1) is 0 Å². The summed E-state index contributed by atoms with van der Waals surface area (Å²) in [6.45, 7) is 0.497. The number of aldehydes is 1. The molecule has 1 heterocycles. The van der Waals surface area contributed by atoms with E-state index in [0.29, 0.717) is 19.1 Å². The molecule has 1 saturated heterocycles. The molecular formula is C21H29N3O9. The van der Waals surface area contributed by atoms with Crippen LogP contribution in [0.4, 0.5) is 4.79 Å². The van der Waals surface area contributed by atoms with Crippen LogP contribution in [-0.2, 0) is 30.6 Å². The lowest BCUT2D eigenvalue weighted by atomic mass is 10.0. The maximum absolute atomic E-state index is 12.6. The highest BCUT2D eigenvalue weighted by Gasteiger charge is 2.40. The smallest absolute Gasteiger partial charge is 0.414 e. The number of nitrogens with one attached hydrogen (secondary N) is 2. The minimum atomic E-state index is -1.77. The molecule has 2 rings (SSSR count). The number of hydroxylamine groups is 2. The molecule has 1 fully saturated rings. The normalized spacial score (nSPS) is 19.7. The molecule has 0 spiro atoms. The fourth-order valence-corrected chi connectivity index (χ4v) is 3.32. The second-order valence-electron chi connectivity index (χ2n) is 7.52. The number of hydrogen-bond donors (Lipinski definition) is 5. The molecule has 3 amide bonds. The van der Waals surface area contributed by atoms with Gasteiger partial charge in [0, 0.05) is 13.5 Å². The van der Waals surface area contributed by atoms with Gasteiger partial charge in [0.05, 0.1) is 6.61 Å². The van der Waals surface area contributed by atoms with Gasteiger partial charge in [-0.05, 0) is 18.4 Å². The lowest BCUT2D eigenvalue weighted by molar-refractivity contribution is -0.244. The summed E-state index contributed by atoms with van der Waals surface area (Å²) in [4.78, 5) is 53.2. The van der Waals surface area contributed by atoms with Crippen molar-refractivity contribution >= 4 is 24.2 Å². The molecular weight excluding hydrogens is 438 g/mol. The van der Waals surface area contributed by atoms with Crippen LogP contribution in [0.25, 0.3) is 0 Å². The Morgan fingerprint density at radius 2 is 1.94 bits per heavy atom. The molecule has 0 radical (unpaired) electrons. The van der Waals surface area contributed by atoms with Crippen LogP contribution in [0.5, 0.6) is 0 Å². The largest absolute Gasteiger partial charge is 0.444 e. The van der Waals surface area contributed by atoms with Crippen LogP contribution in [0.3, 0.4) is 0 Å². The standard InChI is InChI=1S/C21H29N3O9/c1-13(27)22-15(10-25)19(18(29)17(28)11-26)33-24-9-5-8-16(24)20(30)23-21(31)32-12-14-6-3-2-4-7-14/h2-4,6-7,10,15-19,26,28-29H,5,8-9,11-12H2,1H3,(H,22,27)(H,23,30,31)/t15-,16-,17+,18-,19+/m0/s1. The predicted molar refractivity (Wildman–Crippen MR) is 112 cm³/mol. The van der Waals surface area contributed by atoms with Crippen LogP contribution in [0.2, 0.25) is 0 Å². The van der Waals surface area contributed by atoms with Gasteiger partial charge in [-0.15, -0.1) is 0 Å². The summed E-state index contributed by atoms with van der Waals surface area (Å²) in [5, 5.41) is 34.9. The Morgan fingerprint density at radius 3 is 2.55 bits per heavy atom. The number of hydrogen-bond acceptors (Lipinski definition) is 10. The molecule has 1 aromatic rings. The van der Waals surface area contributed by atoms with Crippen LogP contribution in [-0.4, -0.2) is 88.1 Å². The monoisotopic (exact) mass is 467 g/mol. The summed E-state index contributed by atoms with van der Waals surface area (Å²) >= 11 is 0. The predicted octanol–water partition coefficient (Wildman–Crippen LogP) is -1.38. The first-order chi connectivity index (χ1) is 15.8. The maximum atomic E-state index is 12.6. The molecule has 5 N–H and O–H groups in total. The number of rotatable bonds is 11. The fourth-order valence-electron chi connectivity index (χ4n) is 3.32. The van der Waals surface area contributed by atoms with E-state index < -0.39 is 54.9 Å². The molecule has 1 aliphatic rings. The number of benzene rings is 1. The Morgan fingerprint density at radius 1 is 1.24 bits per heavy atom. The number of nitrogens with zero attached hydrogens (tertiary/aromatic N) is 1. The molecule has 1 aliphatic heterocycles. The van der Waals surface area contributed by atoms with E-state index in [1.165, 1.54) is 0 Å². The van der Waals surface area contributed by atoms with Gasteiger partial charge in [0.1, 0.15) is 43.3 Å². The highest BCUT2D eigenvalue weighted by Crippen LogP contribution is 2.22. The van der Waals surface area contributed by atoms with Crippen molar-refractivity contribution in [2.24, 2.45) is 0 Å². The summed E-state index contributed by atoms with van der Waals surface area (Å²) in [5.74, 6) is -1.31. The molecule has 0 bridgehead atoms. The minimum Gasteiger partial charge on any atom is -0.444 e. The van der Waals surface area contributed by atoms with Gasteiger partial charge in [0.2, 0.25) is 11.8 Å². The number of amides is 3. The third-order valence-corrected chi connectivity index (χ3v) is 4.99. The maximum Gasteiger partial charge on any atom is 0.414 e. The molecule has 0 aromatic heterocycles. The van der Waals surface area contributed by atoms with E-state index >= 15 is 0 Å². The number of ether oxygens (including phenoxy) is 1. The van der Waals surface area contributed by atoms with E-state index in [9.17, 15) is 29.4 Å². The van der Waals surface area contributed by atoms with E-state index in [1.807, 2.05) is 6.07 Å². The molecule has 33 heavy (non-hydrogen) atoms. The summed E-state index contributed by atoms with van der Waals surface area (Å²) in [6, 6.07) is 6.55. The average molecular weight is 467 g/mol. The topological polar surface area (TPSA) is 175 Å². The summed E-state index contributed by atoms with van der Waals surface area (Å²) in [7, 11) is 0. The van der Waals surface area contributed by atoms with Crippen molar-refractivity contribution in [2.45, 2.75) is 56.8 Å². The second kappa shape index (κ2) is 13.0. The zero-order valence-electron chi connectivity index (χ0n) is 18.1.